The van der Waals surface area contributed by atoms with Gasteiger partial charge in [0.2, 0.25) is 0 Å². The Morgan fingerprint density at radius 1 is 1.26 bits per heavy atom. The van der Waals surface area contributed by atoms with Crippen LogP contribution in [-0.2, 0) is 6.54 Å². The Balaban J connectivity index is 1.73. The Labute approximate surface area is 117 Å². The fourth-order valence-electron chi connectivity index (χ4n) is 2.92. The Morgan fingerprint density at radius 3 is 2.58 bits per heavy atom. The van der Waals surface area contributed by atoms with Crippen molar-refractivity contribution in [3.8, 4) is 0 Å². The number of aromatic nitrogens is 1. The SMILES string of the molecule is CCN(CC)CC1CCN(Cc2cccnc2)CC1. The fourth-order valence-corrected chi connectivity index (χ4v) is 2.92. The van der Waals surface area contributed by atoms with Crippen LogP contribution in [0.2, 0.25) is 0 Å². The molecule has 1 aliphatic rings. The van der Waals surface area contributed by atoms with Gasteiger partial charge in [-0.15, -0.1) is 0 Å². The molecule has 0 aliphatic carbocycles. The van der Waals surface area contributed by atoms with E-state index in [0.29, 0.717) is 0 Å². The first-order valence-corrected chi connectivity index (χ1v) is 7.65. The Bertz CT molecular complexity index is 340. The maximum absolute atomic E-state index is 4.19. The van der Waals surface area contributed by atoms with Gasteiger partial charge in [0.25, 0.3) is 0 Å². The van der Waals surface area contributed by atoms with Gasteiger partial charge < -0.3 is 4.90 Å². The van der Waals surface area contributed by atoms with Gasteiger partial charge in [-0.3, -0.25) is 9.88 Å². The Morgan fingerprint density at radius 2 is 2.00 bits per heavy atom. The van der Waals surface area contributed by atoms with Crippen LogP contribution in [0.3, 0.4) is 0 Å². The van der Waals surface area contributed by atoms with Crippen molar-refractivity contribution in [2.75, 3.05) is 32.7 Å². The van der Waals surface area contributed by atoms with Gasteiger partial charge in [0.15, 0.2) is 0 Å². The normalized spacial score (nSPS) is 18.1. The van der Waals surface area contributed by atoms with Crippen molar-refractivity contribution >= 4 is 0 Å². The third-order valence-corrected chi connectivity index (χ3v) is 4.25. The van der Waals surface area contributed by atoms with E-state index >= 15 is 0 Å². The summed E-state index contributed by atoms with van der Waals surface area (Å²) in [6, 6.07) is 4.21. The number of piperidine rings is 1. The average Bonchev–Trinajstić information content (AvgIpc) is 2.47. The van der Waals surface area contributed by atoms with Gasteiger partial charge in [-0.1, -0.05) is 19.9 Å². The lowest BCUT2D eigenvalue weighted by Gasteiger charge is -2.34. The van der Waals surface area contributed by atoms with Gasteiger partial charge in [0.1, 0.15) is 0 Å². The van der Waals surface area contributed by atoms with Crippen LogP contribution in [0.1, 0.15) is 32.3 Å². The summed E-state index contributed by atoms with van der Waals surface area (Å²) in [7, 11) is 0. The van der Waals surface area contributed by atoms with E-state index in [0.717, 1.165) is 12.5 Å². The highest BCUT2D eigenvalue weighted by molar-refractivity contribution is 5.08. The fraction of sp³-hybridized carbons (Fsp3) is 0.688. The van der Waals surface area contributed by atoms with E-state index in [4.69, 9.17) is 0 Å². The van der Waals surface area contributed by atoms with E-state index in [-0.39, 0.29) is 0 Å². The van der Waals surface area contributed by atoms with E-state index in [9.17, 15) is 0 Å². The lowest BCUT2D eigenvalue weighted by Crippen LogP contribution is -2.38. The van der Waals surface area contributed by atoms with Crippen LogP contribution in [0.25, 0.3) is 0 Å². The first-order chi connectivity index (χ1) is 9.31. The number of likely N-dealkylation sites (tertiary alicyclic amines) is 1. The minimum absolute atomic E-state index is 0.894. The monoisotopic (exact) mass is 261 g/mol. The third kappa shape index (κ3) is 4.59. The molecule has 106 valence electrons. The summed E-state index contributed by atoms with van der Waals surface area (Å²) in [5.74, 6) is 0.894. The van der Waals surface area contributed by atoms with Crippen LogP contribution in [0.4, 0.5) is 0 Å². The molecule has 3 heteroatoms. The van der Waals surface area contributed by atoms with E-state index in [1.165, 1.54) is 51.1 Å². The topological polar surface area (TPSA) is 19.4 Å². The number of pyridine rings is 1. The van der Waals surface area contributed by atoms with Crippen molar-refractivity contribution < 1.29 is 0 Å². The van der Waals surface area contributed by atoms with E-state index in [1.807, 2.05) is 18.5 Å². The van der Waals surface area contributed by atoms with Gasteiger partial charge in [-0.05, 0) is 56.6 Å². The zero-order valence-corrected chi connectivity index (χ0v) is 12.4. The minimum atomic E-state index is 0.894. The largest absolute Gasteiger partial charge is 0.304 e. The van der Waals surface area contributed by atoms with Crippen molar-refractivity contribution in [1.29, 1.82) is 0 Å². The van der Waals surface area contributed by atoms with E-state index < -0.39 is 0 Å². The van der Waals surface area contributed by atoms with Gasteiger partial charge in [0.05, 0.1) is 0 Å². The number of hydrogen-bond donors (Lipinski definition) is 0. The first kappa shape index (κ1) is 14.5. The van der Waals surface area contributed by atoms with Crippen LogP contribution in [0.15, 0.2) is 24.5 Å². The molecule has 0 unspecified atom stereocenters. The molecule has 1 saturated heterocycles. The van der Waals surface area contributed by atoms with Gasteiger partial charge in [0, 0.05) is 25.5 Å². The van der Waals surface area contributed by atoms with Crippen molar-refractivity contribution in [2.24, 2.45) is 5.92 Å². The second kappa shape index (κ2) is 7.61. The molecule has 0 atom stereocenters. The molecule has 1 aromatic rings. The Kier molecular flexibility index (Phi) is 5.80. The molecule has 1 aromatic heterocycles. The van der Waals surface area contributed by atoms with Crippen molar-refractivity contribution in [2.45, 2.75) is 33.2 Å². The zero-order valence-electron chi connectivity index (χ0n) is 12.4. The second-order valence-electron chi connectivity index (χ2n) is 5.57. The van der Waals surface area contributed by atoms with E-state index in [2.05, 4.69) is 34.7 Å². The molecule has 0 saturated carbocycles. The van der Waals surface area contributed by atoms with Gasteiger partial charge in [-0.25, -0.2) is 0 Å². The summed E-state index contributed by atoms with van der Waals surface area (Å²) in [6.45, 7) is 11.7. The molecule has 2 rings (SSSR count). The van der Waals surface area contributed by atoms with Crippen molar-refractivity contribution in [3.63, 3.8) is 0 Å². The lowest BCUT2D eigenvalue weighted by atomic mass is 9.96. The molecule has 1 aliphatic heterocycles. The predicted octanol–water partition coefficient (Wildman–Crippen LogP) is 2.64. The molecule has 3 nitrogen and oxygen atoms in total. The molecule has 0 aromatic carbocycles. The average molecular weight is 261 g/mol. The molecular weight excluding hydrogens is 234 g/mol. The highest BCUT2D eigenvalue weighted by atomic mass is 15.1. The predicted molar refractivity (Wildman–Crippen MR) is 80.0 cm³/mol. The molecule has 0 bridgehead atoms. The van der Waals surface area contributed by atoms with Gasteiger partial charge >= 0.3 is 0 Å². The van der Waals surface area contributed by atoms with Crippen LogP contribution in [0, 0.1) is 5.92 Å². The molecule has 0 radical (unpaired) electrons. The minimum Gasteiger partial charge on any atom is -0.304 e. The van der Waals surface area contributed by atoms with Gasteiger partial charge in [-0.2, -0.15) is 0 Å². The Hall–Kier alpha value is -0.930. The van der Waals surface area contributed by atoms with Crippen LogP contribution in [-0.4, -0.2) is 47.5 Å². The van der Waals surface area contributed by atoms with E-state index in [1.54, 1.807) is 0 Å². The summed E-state index contributed by atoms with van der Waals surface area (Å²) in [4.78, 5) is 9.32. The standard InChI is InChI=1S/C16H27N3/c1-3-18(4-2)13-15-7-10-19(11-8-15)14-16-6-5-9-17-12-16/h5-6,9,12,15H,3-4,7-8,10-11,13-14H2,1-2H3. The summed E-state index contributed by atoms with van der Waals surface area (Å²) < 4.78 is 0. The lowest BCUT2D eigenvalue weighted by molar-refractivity contribution is 0.143. The molecule has 0 amide bonds. The maximum atomic E-state index is 4.19. The summed E-state index contributed by atoms with van der Waals surface area (Å²) in [5, 5.41) is 0. The number of hydrogen-bond acceptors (Lipinski definition) is 3. The highest BCUT2D eigenvalue weighted by Crippen LogP contribution is 2.19. The highest BCUT2D eigenvalue weighted by Gasteiger charge is 2.20. The van der Waals surface area contributed by atoms with Crippen molar-refractivity contribution in [1.82, 2.24) is 14.8 Å². The summed E-state index contributed by atoms with van der Waals surface area (Å²) in [5.41, 5.74) is 1.34. The number of nitrogens with zero attached hydrogens (tertiary/aromatic N) is 3. The smallest absolute Gasteiger partial charge is 0.0312 e. The summed E-state index contributed by atoms with van der Waals surface area (Å²) >= 11 is 0. The summed E-state index contributed by atoms with van der Waals surface area (Å²) in [6.07, 6.45) is 6.52. The maximum Gasteiger partial charge on any atom is 0.0312 e. The molecule has 0 N–H and O–H groups in total. The van der Waals surface area contributed by atoms with Crippen LogP contribution < -0.4 is 0 Å². The molecular formula is C16H27N3. The number of rotatable bonds is 6. The molecule has 19 heavy (non-hydrogen) atoms. The zero-order chi connectivity index (χ0) is 13.5. The van der Waals surface area contributed by atoms with Crippen LogP contribution in [0.5, 0.6) is 0 Å². The quantitative estimate of drug-likeness (QED) is 0.785. The molecule has 2 heterocycles. The van der Waals surface area contributed by atoms with Crippen LogP contribution >= 0.6 is 0 Å². The van der Waals surface area contributed by atoms with Crippen molar-refractivity contribution in [3.05, 3.63) is 30.1 Å². The molecule has 0 spiro atoms. The molecule has 1 fully saturated rings. The first-order valence-electron chi connectivity index (χ1n) is 7.65. The third-order valence-electron chi connectivity index (χ3n) is 4.25. The second-order valence-corrected chi connectivity index (χ2v) is 5.57.